The van der Waals surface area contributed by atoms with Gasteiger partial charge in [0.1, 0.15) is 11.7 Å². The lowest BCUT2D eigenvalue weighted by molar-refractivity contribution is 0.150. The minimum absolute atomic E-state index is 0.123. The number of aryl methyl sites for hydroxylation is 2. The molecule has 0 aromatic heterocycles. The molecule has 2 aromatic carbocycles. The molecule has 210 valence electrons. The SMILES string of the molecule is CC.CC1CC1.Cc1ccc(Br)cc1CCc1c(F)cccc1C1=NCCN1CCCN1CCN(C)CC1. The van der Waals surface area contributed by atoms with Crippen LogP contribution < -0.4 is 0 Å². The molecule has 1 saturated heterocycles. The fraction of sp³-hybridized carbons (Fsp3) is 0.594. The lowest BCUT2D eigenvalue weighted by Gasteiger charge is -2.33. The van der Waals surface area contributed by atoms with Crippen molar-refractivity contribution >= 4 is 21.8 Å². The third-order valence-corrected chi connectivity index (χ3v) is 8.10. The van der Waals surface area contributed by atoms with Crippen molar-refractivity contribution in [2.24, 2.45) is 10.9 Å². The normalized spacial score (nSPS) is 17.9. The molecular weight excluding hydrogens is 539 g/mol. The van der Waals surface area contributed by atoms with E-state index >= 15 is 0 Å². The van der Waals surface area contributed by atoms with Crippen molar-refractivity contribution in [3.8, 4) is 0 Å². The van der Waals surface area contributed by atoms with E-state index in [4.69, 9.17) is 4.99 Å². The van der Waals surface area contributed by atoms with Crippen LogP contribution in [0.25, 0.3) is 0 Å². The van der Waals surface area contributed by atoms with E-state index in [1.54, 1.807) is 6.07 Å². The molecule has 0 atom stereocenters. The van der Waals surface area contributed by atoms with Crippen LogP contribution in [0.5, 0.6) is 0 Å². The fourth-order valence-electron chi connectivity index (χ4n) is 4.87. The van der Waals surface area contributed by atoms with Crippen molar-refractivity contribution in [2.75, 3.05) is 59.4 Å². The Morgan fingerprint density at radius 3 is 2.37 bits per heavy atom. The molecule has 2 aliphatic heterocycles. The summed E-state index contributed by atoms with van der Waals surface area (Å²) in [5, 5.41) is 0. The Bertz CT molecular complexity index is 1030. The van der Waals surface area contributed by atoms with E-state index in [2.05, 4.69) is 69.7 Å². The predicted octanol–water partition coefficient (Wildman–Crippen LogP) is 6.82. The molecule has 6 heteroatoms. The minimum atomic E-state index is -0.123. The maximum Gasteiger partial charge on any atom is 0.131 e. The molecule has 5 rings (SSSR count). The van der Waals surface area contributed by atoms with Crippen LogP contribution in [0.1, 0.15) is 62.3 Å². The summed E-state index contributed by atoms with van der Waals surface area (Å²) >= 11 is 3.56. The number of amidine groups is 1. The highest BCUT2D eigenvalue weighted by Crippen LogP contribution is 2.27. The van der Waals surface area contributed by atoms with Crippen molar-refractivity contribution in [2.45, 2.75) is 59.8 Å². The van der Waals surface area contributed by atoms with E-state index in [0.717, 1.165) is 92.6 Å². The molecule has 0 N–H and O–H groups in total. The highest BCUT2D eigenvalue weighted by atomic mass is 79.9. The second-order valence-corrected chi connectivity index (χ2v) is 11.6. The second kappa shape index (κ2) is 15.7. The molecule has 2 aromatic rings. The van der Waals surface area contributed by atoms with Crippen LogP contribution >= 0.6 is 15.9 Å². The number of hydrogen-bond donors (Lipinski definition) is 0. The average Bonchev–Trinajstić information content (AvgIpc) is 3.57. The molecule has 0 bridgehead atoms. The number of rotatable bonds is 8. The zero-order chi connectivity index (χ0) is 27.5. The Hall–Kier alpha value is -1.76. The molecule has 38 heavy (non-hydrogen) atoms. The molecule has 1 aliphatic carbocycles. The summed E-state index contributed by atoms with van der Waals surface area (Å²) in [6.07, 6.45) is 5.58. The van der Waals surface area contributed by atoms with Crippen LogP contribution in [0, 0.1) is 18.7 Å². The molecule has 3 aliphatic rings. The lowest BCUT2D eigenvalue weighted by Crippen LogP contribution is -2.45. The van der Waals surface area contributed by atoms with Gasteiger partial charge in [-0.2, -0.15) is 0 Å². The van der Waals surface area contributed by atoms with Crippen LogP contribution in [0.3, 0.4) is 0 Å². The largest absolute Gasteiger partial charge is 0.355 e. The molecule has 0 amide bonds. The summed E-state index contributed by atoms with van der Waals surface area (Å²) in [6.45, 7) is 16.8. The lowest BCUT2D eigenvalue weighted by atomic mass is 9.96. The Morgan fingerprint density at radius 1 is 0.974 bits per heavy atom. The Morgan fingerprint density at radius 2 is 1.68 bits per heavy atom. The first-order valence-electron chi connectivity index (χ1n) is 14.6. The van der Waals surface area contributed by atoms with E-state index in [0.29, 0.717) is 6.42 Å². The maximum atomic E-state index is 14.9. The predicted molar refractivity (Wildman–Crippen MR) is 164 cm³/mol. The van der Waals surface area contributed by atoms with Crippen molar-refractivity contribution in [1.29, 1.82) is 0 Å². The summed E-state index contributed by atoms with van der Waals surface area (Å²) in [5.74, 6) is 1.94. The summed E-state index contributed by atoms with van der Waals surface area (Å²) < 4.78 is 16.0. The molecule has 0 unspecified atom stereocenters. The molecule has 4 nitrogen and oxygen atoms in total. The van der Waals surface area contributed by atoms with Crippen molar-refractivity contribution < 1.29 is 4.39 Å². The van der Waals surface area contributed by atoms with Gasteiger partial charge in [-0.1, -0.05) is 67.7 Å². The van der Waals surface area contributed by atoms with Crippen molar-refractivity contribution in [3.63, 3.8) is 0 Å². The monoisotopic (exact) mass is 586 g/mol. The van der Waals surface area contributed by atoms with E-state index in [1.165, 1.54) is 24.0 Å². The van der Waals surface area contributed by atoms with Gasteiger partial charge in [0.25, 0.3) is 0 Å². The van der Waals surface area contributed by atoms with Gasteiger partial charge in [0.05, 0.1) is 6.54 Å². The number of halogens is 2. The third-order valence-electron chi connectivity index (χ3n) is 7.61. The smallest absolute Gasteiger partial charge is 0.131 e. The first-order valence-corrected chi connectivity index (χ1v) is 15.4. The van der Waals surface area contributed by atoms with Gasteiger partial charge >= 0.3 is 0 Å². The number of likely N-dealkylation sites (N-methyl/N-ethyl adjacent to an activating group) is 1. The van der Waals surface area contributed by atoms with Crippen LogP contribution in [0.15, 0.2) is 45.9 Å². The van der Waals surface area contributed by atoms with E-state index in [-0.39, 0.29) is 5.82 Å². The third kappa shape index (κ3) is 9.46. The summed E-state index contributed by atoms with van der Waals surface area (Å²) in [6, 6.07) is 11.8. The zero-order valence-corrected chi connectivity index (χ0v) is 25.9. The van der Waals surface area contributed by atoms with Crippen LogP contribution in [0.4, 0.5) is 4.39 Å². The minimum Gasteiger partial charge on any atom is -0.355 e. The molecule has 0 spiro atoms. The van der Waals surface area contributed by atoms with Crippen LogP contribution in [0.2, 0.25) is 0 Å². The van der Waals surface area contributed by atoms with Gasteiger partial charge in [-0.3, -0.25) is 4.99 Å². The molecule has 2 heterocycles. The van der Waals surface area contributed by atoms with Crippen molar-refractivity contribution in [3.05, 3.63) is 68.9 Å². The topological polar surface area (TPSA) is 22.1 Å². The number of benzene rings is 2. The number of nitrogens with zero attached hydrogens (tertiary/aromatic N) is 4. The van der Waals surface area contributed by atoms with Crippen molar-refractivity contribution in [1.82, 2.24) is 14.7 Å². The summed E-state index contributed by atoms with van der Waals surface area (Å²) in [4.78, 5) is 12.1. The van der Waals surface area contributed by atoms with Crippen LogP contribution in [-0.4, -0.2) is 79.9 Å². The Labute approximate surface area is 239 Å². The van der Waals surface area contributed by atoms with Gasteiger partial charge < -0.3 is 14.7 Å². The first kappa shape index (κ1) is 30.8. The Kier molecular flexibility index (Phi) is 12.7. The van der Waals surface area contributed by atoms with Gasteiger partial charge in [0, 0.05) is 49.3 Å². The quantitative estimate of drug-likeness (QED) is 0.338. The molecule has 1 saturated carbocycles. The standard InChI is InChI=1S/C26H34BrFN4.C4H8.C2H6/c1-20-7-9-22(27)19-21(20)8-10-23-24(5-3-6-25(23)28)26-29-11-14-32(26)13-4-12-31-17-15-30(2)16-18-31;1-4-2-3-4;1-2/h3,5-7,9,19H,4,8,10-18H2,1-2H3;4H,2-3H2,1H3;1-2H3. The van der Waals surface area contributed by atoms with Gasteiger partial charge in [0.15, 0.2) is 0 Å². The van der Waals surface area contributed by atoms with Gasteiger partial charge in [-0.15, -0.1) is 0 Å². The highest BCUT2D eigenvalue weighted by Gasteiger charge is 2.23. The van der Waals surface area contributed by atoms with E-state index in [1.807, 2.05) is 26.0 Å². The first-order chi connectivity index (χ1) is 18.4. The molecule has 0 radical (unpaired) electrons. The molecule has 2 fully saturated rings. The van der Waals surface area contributed by atoms with E-state index in [9.17, 15) is 4.39 Å². The van der Waals surface area contributed by atoms with Gasteiger partial charge in [-0.05, 0) is 80.6 Å². The average molecular weight is 588 g/mol. The number of piperazine rings is 1. The summed E-state index contributed by atoms with van der Waals surface area (Å²) in [5.41, 5.74) is 4.26. The van der Waals surface area contributed by atoms with E-state index < -0.39 is 0 Å². The highest BCUT2D eigenvalue weighted by molar-refractivity contribution is 9.10. The van der Waals surface area contributed by atoms with Gasteiger partial charge in [-0.25, -0.2) is 4.39 Å². The fourth-order valence-corrected chi connectivity index (χ4v) is 5.28. The molecular formula is C32H48BrFN4. The summed E-state index contributed by atoms with van der Waals surface area (Å²) in [7, 11) is 2.19. The van der Waals surface area contributed by atoms with Gasteiger partial charge in [0.2, 0.25) is 0 Å². The van der Waals surface area contributed by atoms with Crippen LogP contribution in [-0.2, 0) is 12.8 Å². The second-order valence-electron chi connectivity index (χ2n) is 10.7. The number of hydrogen-bond acceptors (Lipinski definition) is 4. The Balaban J connectivity index is 0.000000598. The zero-order valence-electron chi connectivity index (χ0n) is 24.3. The maximum absolute atomic E-state index is 14.9. The number of aliphatic imine (C=N–C) groups is 1.